The molecule has 0 radical (unpaired) electrons. The summed E-state index contributed by atoms with van der Waals surface area (Å²) in [5, 5.41) is 0. The molecule has 5 atom stereocenters. The van der Waals surface area contributed by atoms with Crippen LogP contribution in [0.15, 0.2) is 30.3 Å². The van der Waals surface area contributed by atoms with Gasteiger partial charge in [0.25, 0.3) is 5.66 Å². The highest BCUT2D eigenvalue weighted by atomic mass is 31.2. The normalized spacial score (nSPS) is 27.3. The maximum absolute atomic E-state index is 15.2. The number of ether oxygens (including phenoxy) is 3. The largest absolute Gasteiger partial charge is 0.458 e. The van der Waals surface area contributed by atoms with Crippen LogP contribution in [0.3, 0.4) is 0 Å². The summed E-state index contributed by atoms with van der Waals surface area (Å²) in [7, 11) is -5.40. The van der Waals surface area contributed by atoms with Crippen molar-refractivity contribution >= 4 is 28.3 Å². The van der Waals surface area contributed by atoms with Crippen LogP contribution in [0.5, 0.6) is 0 Å². The van der Waals surface area contributed by atoms with Gasteiger partial charge in [0.2, 0.25) is 0 Å². The molecule has 0 aromatic heterocycles. The summed E-state index contributed by atoms with van der Waals surface area (Å²) in [5.41, 5.74) is -4.51. The first kappa shape index (κ1) is 29.2. The van der Waals surface area contributed by atoms with Crippen LogP contribution in [-0.2, 0) is 39.3 Å². The molecule has 7 nitrogen and oxygen atoms in total. The standard InChI is InChI=1S/C22H35BF2O7P2/c1-6-30-34(5,28)13-12-21(15-22(24,25)33(3,4)27)19(18(20(23)32-21)31-16(2)26)29-14-17-10-8-7-9-11-17/h7-11,18-20H,6,12-15,23H2,1-5H3/t18?,19-,20-,21-,34?/m1/s1. The smallest absolute Gasteiger partial charge is 0.303 e. The van der Waals surface area contributed by atoms with Crippen molar-refractivity contribution in [1.29, 1.82) is 0 Å². The Morgan fingerprint density at radius 2 is 1.82 bits per heavy atom. The van der Waals surface area contributed by atoms with E-state index in [1.165, 1.54) is 13.6 Å². The first-order chi connectivity index (χ1) is 15.6. The summed E-state index contributed by atoms with van der Waals surface area (Å²) >= 11 is 0. The van der Waals surface area contributed by atoms with Gasteiger partial charge in [0, 0.05) is 19.8 Å². The summed E-state index contributed by atoms with van der Waals surface area (Å²) in [6.07, 6.45) is -3.19. The number of hydrogen-bond donors (Lipinski definition) is 0. The lowest BCUT2D eigenvalue weighted by molar-refractivity contribution is -0.159. The summed E-state index contributed by atoms with van der Waals surface area (Å²) in [6.45, 7) is 6.66. The van der Waals surface area contributed by atoms with Gasteiger partial charge in [-0.05, 0) is 32.2 Å². The van der Waals surface area contributed by atoms with Crippen molar-refractivity contribution < 1.29 is 41.4 Å². The monoisotopic (exact) mass is 522 g/mol. The zero-order chi connectivity index (χ0) is 25.8. The molecule has 1 heterocycles. The minimum Gasteiger partial charge on any atom is -0.458 e. The van der Waals surface area contributed by atoms with E-state index < -0.39 is 56.4 Å². The second-order valence-corrected chi connectivity index (χ2v) is 15.4. The van der Waals surface area contributed by atoms with Gasteiger partial charge in [-0.15, -0.1) is 0 Å². The molecular weight excluding hydrogens is 487 g/mol. The second-order valence-electron chi connectivity index (χ2n) is 9.28. The maximum Gasteiger partial charge on any atom is 0.303 e. The van der Waals surface area contributed by atoms with Gasteiger partial charge in [0.15, 0.2) is 7.37 Å². The minimum atomic E-state index is -3.89. The zero-order valence-corrected chi connectivity index (χ0v) is 22.5. The third-order valence-corrected chi connectivity index (χ3v) is 9.49. The summed E-state index contributed by atoms with van der Waals surface area (Å²) in [6, 6.07) is 8.32. The summed E-state index contributed by atoms with van der Waals surface area (Å²) < 4.78 is 78.8. The van der Waals surface area contributed by atoms with Gasteiger partial charge in [-0.3, -0.25) is 9.36 Å². The number of esters is 1. The molecule has 1 aliphatic rings. The molecule has 1 aromatic carbocycles. The Morgan fingerprint density at radius 3 is 2.35 bits per heavy atom. The lowest BCUT2D eigenvalue weighted by Gasteiger charge is -2.39. The Kier molecular flexibility index (Phi) is 9.74. The van der Waals surface area contributed by atoms with Crippen molar-refractivity contribution in [3.63, 3.8) is 0 Å². The topological polar surface area (TPSA) is 88.1 Å². The third kappa shape index (κ3) is 7.48. The van der Waals surface area contributed by atoms with Crippen molar-refractivity contribution in [3.8, 4) is 0 Å². The second kappa shape index (κ2) is 11.3. The van der Waals surface area contributed by atoms with Crippen molar-refractivity contribution in [2.75, 3.05) is 32.8 Å². The third-order valence-electron chi connectivity index (χ3n) is 5.92. The Labute approximate surface area is 201 Å². The van der Waals surface area contributed by atoms with E-state index in [1.807, 2.05) is 30.3 Å². The van der Waals surface area contributed by atoms with E-state index in [-0.39, 0.29) is 25.8 Å². The van der Waals surface area contributed by atoms with Crippen LogP contribution in [0, 0.1) is 0 Å². The molecule has 0 saturated carbocycles. The SMILES string of the molecule is B[C@@H]1O[C@](CCP(C)(=O)OCC)(CC(F)(F)P(C)(C)=O)[C@H](OCc2ccccc2)C1OC(C)=O. The molecule has 2 unspecified atom stereocenters. The van der Waals surface area contributed by atoms with Crippen LogP contribution < -0.4 is 0 Å². The molecule has 0 aliphatic carbocycles. The Hall–Kier alpha value is -1.05. The van der Waals surface area contributed by atoms with Gasteiger partial charge in [-0.25, -0.2) is 0 Å². The Bertz CT molecular complexity index is 927. The molecule has 1 fully saturated rings. The molecule has 0 spiro atoms. The van der Waals surface area contributed by atoms with Crippen LogP contribution >= 0.6 is 14.5 Å². The van der Waals surface area contributed by atoms with E-state index in [9.17, 15) is 13.9 Å². The zero-order valence-electron chi connectivity index (χ0n) is 20.7. The number of alkyl halides is 2. The number of hydrogen-bond acceptors (Lipinski definition) is 7. The van der Waals surface area contributed by atoms with Crippen LogP contribution in [-0.4, -0.2) is 76.1 Å². The Morgan fingerprint density at radius 1 is 1.21 bits per heavy atom. The van der Waals surface area contributed by atoms with E-state index in [0.717, 1.165) is 18.9 Å². The van der Waals surface area contributed by atoms with Gasteiger partial charge in [-0.1, -0.05) is 30.3 Å². The number of benzene rings is 1. The number of carbonyl (C=O) groups excluding carboxylic acids is 1. The molecular formula is C22H35BF2O7P2. The molecule has 2 rings (SSSR count). The van der Waals surface area contributed by atoms with E-state index in [0.29, 0.717) is 0 Å². The van der Waals surface area contributed by atoms with Crippen molar-refractivity contribution in [3.05, 3.63) is 35.9 Å². The van der Waals surface area contributed by atoms with Crippen molar-refractivity contribution in [1.82, 2.24) is 0 Å². The molecule has 1 saturated heterocycles. The van der Waals surface area contributed by atoms with E-state index in [4.69, 9.17) is 18.7 Å². The van der Waals surface area contributed by atoms with Gasteiger partial charge < -0.3 is 23.3 Å². The Balaban J connectivity index is 2.50. The molecule has 192 valence electrons. The van der Waals surface area contributed by atoms with Crippen molar-refractivity contribution in [2.45, 2.75) is 62.8 Å². The molecule has 0 amide bonds. The van der Waals surface area contributed by atoms with Gasteiger partial charge in [0.05, 0.1) is 25.6 Å². The average molecular weight is 522 g/mol. The number of halogens is 2. The highest BCUT2D eigenvalue weighted by Gasteiger charge is 2.61. The fourth-order valence-electron chi connectivity index (χ4n) is 4.12. The first-order valence-electron chi connectivity index (χ1n) is 11.3. The molecule has 1 aromatic rings. The highest BCUT2D eigenvalue weighted by molar-refractivity contribution is 7.63. The highest BCUT2D eigenvalue weighted by Crippen LogP contribution is 2.60. The van der Waals surface area contributed by atoms with E-state index in [1.54, 1.807) is 14.8 Å². The molecule has 34 heavy (non-hydrogen) atoms. The van der Waals surface area contributed by atoms with Gasteiger partial charge >= 0.3 is 5.97 Å². The fourth-order valence-corrected chi connectivity index (χ4v) is 6.23. The minimum absolute atomic E-state index is 0.0534. The predicted molar refractivity (Wildman–Crippen MR) is 130 cm³/mol. The molecule has 0 N–H and O–H groups in total. The molecule has 1 aliphatic heterocycles. The van der Waals surface area contributed by atoms with E-state index >= 15 is 8.78 Å². The van der Waals surface area contributed by atoms with Crippen LogP contribution in [0.1, 0.15) is 32.3 Å². The lowest BCUT2D eigenvalue weighted by atomic mass is 9.85. The molecule has 0 bridgehead atoms. The average Bonchev–Trinajstić information content (AvgIpc) is 2.95. The maximum atomic E-state index is 15.2. The fraction of sp³-hybridized carbons (Fsp3) is 0.682. The number of rotatable bonds is 12. The van der Waals surface area contributed by atoms with Gasteiger partial charge in [0.1, 0.15) is 32.8 Å². The first-order valence-corrected chi connectivity index (χ1v) is 16.1. The van der Waals surface area contributed by atoms with Crippen LogP contribution in [0.4, 0.5) is 8.78 Å². The van der Waals surface area contributed by atoms with Crippen LogP contribution in [0.2, 0.25) is 0 Å². The van der Waals surface area contributed by atoms with Crippen molar-refractivity contribution in [2.24, 2.45) is 0 Å². The van der Waals surface area contributed by atoms with Gasteiger partial charge in [-0.2, -0.15) is 8.78 Å². The summed E-state index contributed by atoms with van der Waals surface area (Å²) in [4.78, 5) is 11.8. The van der Waals surface area contributed by atoms with Crippen LogP contribution in [0.25, 0.3) is 0 Å². The number of carbonyl (C=O) groups is 1. The predicted octanol–water partition coefficient (Wildman–Crippen LogP) is 4.17. The quantitative estimate of drug-likeness (QED) is 0.231. The molecule has 12 heteroatoms. The lowest BCUT2D eigenvalue weighted by Crippen LogP contribution is -2.50. The summed E-state index contributed by atoms with van der Waals surface area (Å²) in [5.74, 6) is -0.608. The van der Waals surface area contributed by atoms with E-state index in [2.05, 4.69) is 0 Å².